The first-order valence-corrected chi connectivity index (χ1v) is 22.4. The van der Waals surface area contributed by atoms with Gasteiger partial charge in [-0.25, -0.2) is 0 Å². The van der Waals surface area contributed by atoms with Crippen LogP contribution in [0, 0.1) is 12.1 Å². The van der Waals surface area contributed by atoms with E-state index in [0.29, 0.717) is 0 Å². The summed E-state index contributed by atoms with van der Waals surface area (Å²) in [4.78, 5) is 2.37. The normalized spacial score (nSPS) is 12.3. The summed E-state index contributed by atoms with van der Waals surface area (Å²) in [5.41, 5.74) is 15.6. The molecule has 10 aromatic carbocycles. The smallest absolute Gasteiger partial charge is 0.142 e. The average molecular weight is 829 g/mol. The Balaban J connectivity index is 0.921. The van der Waals surface area contributed by atoms with E-state index in [9.17, 15) is 0 Å². The first kappa shape index (κ1) is 37.0. The molecule has 1 aliphatic carbocycles. The fourth-order valence-corrected chi connectivity index (χ4v) is 10.3. The van der Waals surface area contributed by atoms with E-state index in [1.807, 2.05) is 6.07 Å². The van der Waals surface area contributed by atoms with Crippen LogP contribution in [0.15, 0.2) is 217 Å². The number of nitrogens with zero attached hydrogens (tertiary/aromatic N) is 2. The van der Waals surface area contributed by atoms with Crippen LogP contribution >= 0.6 is 0 Å². The topological polar surface area (TPSA) is 21.3 Å². The maximum atomic E-state index is 6.60. The van der Waals surface area contributed by atoms with Gasteiger partial charge in [-0.2, -0.15) is 0 Å². The summed E-state index contributed by atoms with van der Waals surface area (Å²) in [7, 11) is 0. The number of fused-ring (bicyclic) bond motifs is 9. The number of hydrogen-bond acceptors (Lipinski definition) is 2. The maximum absolute atomic E-state index is 6.60. The second-order valence-electron chi connectivity index (χ2n) is 17.0. The largest absolute Gasteiger partial charge is 0.460 e. The number of benzene rings is 9. The Hall–Kier alpha value is -8.58. The molecule has 0 amide bonds. The van der Waals surface area contributed by atoms with Gasteiger partial charge in [-0.3, -0.25) is 0 Å². The molecule has 12 aromatic rings. The van der Waals surface area contributed by atoms with Gasteiger partial charge in [-0.05, 0) is 117 Å². The highest BCUT2D eigenvalue weighted by Crippen LogP contribution is 2.43. The first-order valence-electron chi connectivity index (χ1n) is 22.4. The highest BCUT2D eigenvalue weighted by molar-refractivity contribution is 6.10. The SMILES string of the molecule is c1ccc2c3ccccc3n(-c3ccccc3-c3ccc(N(c4ccc(-c5ccccc5-c5cccc6c7c(oc56)CCC=C7)cc4)c4ccc5c(ccc6ccccc65)c4)cc3)c2c#1. The second kappa shape index (κ2) is 15.1. The van der Waals surface area contributed by atoms with Gasteiger partial charge < -0.3 is 13.9 Å². The number of furan rings is 1. The van der Waals surface area contributed by atoms with Gasteiger partial charge in [0.1, 0.15) is 16.9 Å². The Morgan fingerprint density at radius 1 is 0.477 bits per heavy atom. The van der Waals surface area contributed by atoms with Crippen molar-refractivity contribution in [3.8, 4) is 39.1 Å². The molecule has 0 spiro atoms. The number of para-hydroxylation sites is 3. The zero-order chi connectivity index (χ0) is 42.8. The third-order valence-electron chi connectivity index (χ3n) is 13.3. The van der Waals surface area contributed by atoms with Gasteiger partial charge in [0.05, 0.1) is 11.2 Å². The molecule has 0 atom stereocenters. The Bertz CT molecular complexity index is 3780. The predicted octanol–water partition coefficient (Wildman–Crippen LogP) is 16.9. The first-order chi connectivity index (χ1) is 32.2. The molecule has 13 rings (SSSR count). The zero-order valence-corrected chi connectivity index (χ0v) is 35.5. The van der Waals surface area contributed by atoms with Crippen LogP contribution in [0.2, 0.25) is 0 Å². The van der Waals surface area contributed by atoms with Crippen molar-refractivity contribution in [1.82, 2.24) is 4.57 Å². The molecule has 3 nitrogen and oxygen atoms in total. The summed E-state index contributed by atoms with van der Waals surface area (Å²) >= 11 is 0. The van der Waals surface area contributed by atoms with E-state index < -0.39 is 0 Å². The van der Waals surface area contributed by atoms with E-state index >= 15 is 0 Å². The number of hydrogen-bond donors (Lipinski definition) is 0. The summed E-state index contributed by atoms with van der Waals surface area (Å²) < 4.78 is 8.93. The highest BCUT2D eigenvalue weighted by atomic mass is 16.3. The molecule has 0 N–H and O–H groups in total. The molecule has 0 unspecified atom stereocenters. The summed E-state index contributed by atoms with van der Waals surface area (Å²) in [5, 5.41) is 8.50. The van der Waals surface area contributed by atoms with Crippen molar-refractivity contribution in [2.75, 3.05) is 4.90 Å². The predicted molar refractivity (Wildman–Crippen MR) is 272 cm³/mol. The number of aromatic nitrogens is 1. The van der Waals surface area contributed by atoms with Crippen LogP contribution in [0.3, 0.4) is 0 Å². The molecule has 0 saturated heterocycles. The Morgan fingerprint density at radius 2 is 1.12 bits per heavy atom. The fourth-order valence-electron chi connectivity index (χ4n) is 10.3. The third kappa shape index (κ3) is 6.07. The van der Waals surface area contributed by atoms with Gasteiger partial charge >= 0.3 is 0 Å². The minimum atomic E-state index is 0.934. The lowest BCUT2D eigenvalue weighted by atomic mass is 9.93. The Morgan fingerprint density at radius 3 is 1.97 bits per heavy atom. The minimum Gasteiger partial charge on any atom is -0.460 e. The van der Waals surface area contributed by atoms with Crippen molar-refractivity contribution in [2.45, 2.75) is 12.8 Å². The van der Waals surface area contributed by atoms with Gasteiger partial charge in [0.2, 0.25) is 0 Å². The molecule has 3 heteroatoms. The lowest BCUT2D eigenvalue weighted by Gasteiger charge is -2.26. The Labute approximate surface area is 377 Å². The highest BCUT2D eigenvalue weighted by Gasteiger charge is 2.21. The summed E-state index contributed by atoms with van der Waals surface area (Å²) in [6.07, 6.45) is 6.42. The lowest BCUT2D eigenvalue weighted by molar-refractivity contribution is 0.547. The van der Waals surface area contributed by atoms with Crippen molar-refractivity contribution >= 4 is 77.5 Å². The number of allylic oxidation sites excluding steroid dienone is 1. The van der Waals surface area contributed by atoms with Crippen LogP contribution in [-0.2, 0) is 6.42 Å². The van der Waals surface area contributed by atoms with Crippen molar-refractivity contribution in [2.24, 2.45) is 0 Å². The number of rotatable bonds is 7. The molecular formula is C62H40N2O. The molecular weight excluding hydrogens is 789 g/mol. The van der Waals surface area contributed by atoms with Crippen molar-refractivity contribution in [1.29, 1.82) is 0 Å². The van der Waals surface area contributed by atoms with Crippen LogP contribution < -0.4 is 4.90 Å². The van der Waals surface area contributed by atoms with Crippen LogP contribution in [-0.4, -0.2) is 4.57 Å². The van der Waals surface area contributed by atoms with Crippen molar-refractivity contribution in [3.05, 3.63) is 236 Å². The van der Waals surface area contributed by atoms with Gasteiger partial charge in [0.15, 0.2) is 0 Å². The molecule has 2 heterocycles. The molecule has 0 radical (unpaired) electrons. The van der Waals surface area contributed by atoms with Gasteiger partial charge in [-0.1, -0.05) is 164 Å². The third-order valence-corrected chi connectivity index (χ3v) is 13.3. The van der Waals surface area contributed by atoms with E-state index in [2.05, 4.69) is 234 Å². The minimum absolute atomic E-state index is 0.934. The van der Waals surface area contributed by atoms with Crippen molar-refractivity contribution in [3.63, 3.8) is 0 Å². The van der Waals surface area contributed by atoms with Gasteiger partial charge in [0.25, 0.3) is 0 Å². The number of anilines is 3. The molecule has 0 aliphatic heterocycles. The van der Waals surface area contributed by atoms with E-state index in [1.54, 1.807) is 0 Å². The maximum Gasteiger partial charge on any atom is 0.142 e. The second-order valence-corrected chi connectivity index (χ2v) is 17.0. The van der Waals surface area contributed by atoms with Crippen LogP contribution in [0.5, 0.6) is 0 Å². The van der Waals surface area contributed by atoms with Gasteiger partial charge in [-0.15, -0.1) is 0 Å². The van der Waals surface area contributed by atoms with E-state index in [0.717, 1.165) is 85.8 Å². The molecule has 2 aromatic heterocycles. The molecule has 0 saturated carbocycles. The number of aryl methyl sites for hydroxylation is 1. The Kier molecular flexibility index (Phi) is 8.57. The van der Waals surface area contributed by atoms with Crippen LogP contribution in [0.25, 0.3) is 99.5 Å². The average Bonchev–Trinajstić information content (AvgIpc) is 3.93. The van der Waals surface area contributed by atoms with Crippen LogP contribution in [0.4, 0.5) is 17.1 Å². The monoisotopic (exact) mass is 828 g/mol. The molecule has 0 fully saturated rings. The zero-order valence-electron chi connectivity index (χ0n) is 35.5. The van der Waals surface area contributed by atoms with Gasteiger partial charge in [0, 0.05) is 56.3 Å². The standard InChI is InChI=1S/C62H40N2O/c1-2-15-48-41(14-1)28-29-44-40-47(38-39-50(44)48)63(45-34-30-42(31-35-45)49-16-3-4-18-52(49)56-22-13-23-57-55-21-8-12-27-61(55)65-62(56)57)46-36-32-43(33-37-46)51-17-5-9-24-58(51)64-59-25-10-6-19-53(59)54-20-7-11-26-60(54)64/h1-10,13-25,28-40H,12,27H2. The van der Waals surface area contributed by atoms with Crippen molar-refractivity contribution < 1.29 is 4.42 Å². The van der Waals surface area contributed by atoms with E-state index in [4.69, 9.17) is 4.42 Å². The molecule has 1 aliphatic rings. The summed E-state index contributed by atoms with van der Waals surface area (Å²) in [6, 6.07) is 81.3. The lowest BCUT2D eigenvalue weighted by Crippen LogP contribution is -2.10. The fraction of sp³-hybridized carbons (Fsp3) is 0.0323. The molecule has 0 bridgehead atoms. The van der Waals surface area contributed by atoms with E-state index in [1.165, 1.54) is 48.8 Å². The van der Waals surface area contributed by atoms with E-state index in [-0.39, 0.29) is 0 Å². The van der Waals surface area contributed by atoms with Crippen LogP contribution in [0.1, 0.15) is 17.7 Å². The molecule has 65 heavy (non-hydrogen) atoms. The summed E-state index contributed by atoms with van der Waals surface area (Å²) in [5.74, 6) is 1.08. The summed E-state index contributed by atoms with van der Waals surface area (Å²) in [6.45, 7) is 0. The quantitative estimate of drug-likeness (QED) is 0.149. The molecule has 304 valence electrons.